The minimum Gasteiger partial charge on any atom is -0.377 e. The third kappa shape index (κ3) is 3.04. The number of rotatable bonds is 4. The van der Waals surface area contributed by atoms with E-state index in [4.69, 9.17) is 0 Å². The summed E-state index contributed by atoms with van der Waals surface area (Å²) in [5, 5.41) is 13.7. The maximum atomic E-state index is 13.2. The monoisotopic (exact) mass is 261 g/mol. The van der Waals surface area contributed by atoms with Gasteiger partial charge in [0.05, 0.1) is 16.7 Å². The van der Waals surface area contributed by atoms with Crippen molar-refractivity contribution in [3.05, 3.63) is 64.2 Å². The lowest BCUT2D eigenvalue weighted by Gasteiger charge is -2.14. The molecule has 1 atom stereocenters. The van der Waals surface area contributed by atoms with Gasteiger partial charge in [0, 0.05) is 18.0 Å². The van der Waals surface area contributed by atoms with E-state index in [0.29, 0.717) is 5.69 Å². The Morgan fingerprint density at radius 3 is 2.79 bits per heavy atom. The number of benzene rings is 1. The average Bonchev–Trinajstić information content (AvgIpc) is 2.41. The van der Waals surface area contributed by atoms with E-state index in [1.54, 1.807) is 12.3 Å². The molecular weight excluding hydrogens is 249 g/mol. The van der Waals surface area contributed by atoms with Gasteiger partial charge in [0.1, 0.15) is 0 Å². The minimum absolute atomic E-state index is 0.133. The van der Waals surface area contributed by atoms with Gasteiger partial charge in [0.25, 0.3) is 0 Å². The van der Waals surface area contributed by atoms with Crippen LogP contribution in [0.25, 0.3) is 0 Å². The smallest absolute Gasteiger partial charge is 0.306 e. The SMILES string of the molecule is CC(Nc1ccc(F)c([N+](=O)[O-])c1)c1ccccn1. The second-order valence-electron chi connectivity index (χ2n) is 4.04. The number of hydrogen-bond donors (Lipinski definition) is 1. The molecule has 0 saturated heterocycles. The molecule has 0 radical (unpaired) electrons. The van der Waals surface area contributed by atoms with E-state index in [1.807, 2.05) is 19.1 Å². The van der Waals surface area contributed by atoms with E-state index >= 15 is 0 Å². The molecule has 0 bridgehead atoms. The van der Waals surface area contributed by atoms with Gasteiger partial charge in [-0.05, 0) is 31.2 Å². The van der Waals surface area contributed by atoms with Crippen LogP contribution in [0.2, 0.25) is 0 Å². The first-order chi connectivity index (χ1) is 9.08. The predicted octanol–water partition coefficient (Wildman–Crippen LogP) is 3.30. The molecule has 1 unspecified atom stereocenters. The van der Waals surface area contributed by atoms with Crippen LogP contribution in [0.15, 0.2) is 42.6 Å². The maximum absolute atomic E-state index is 13.2. The van der Waals surface area contributed by atoms with Gasteiger partial charge in [-0.1, -0.05) is 6.07 Å². The molecule has 0 aliphatic rings. The lowest BCUT2D eigenvalue weighted by Crippen LogP contribution is -2.08. The molecule has 1 aromatic heterocycles. The number of nitrogens with one attached hydrogen (secondary N) is 1. The molecule has 6 heteroatoms. The van der Waals surface area contributed by atoms with Crippen molar-refractivity contribution in [2.24, 2.45) is 0 Å². The number of anilines is 1. The van der Waals surface area contributed by atoms with Gasteiger partial charge >= 0.3 is 5.69 Å². The standard InChI is InChI=1S/C13H12FN3O2/c1-9(12-4-2-3-7-15-12)16-10-5-6-11(14)13(8-10)17(18)19/h2-9,16H,1H3. The second kappa shape index (κ2) is 5.43. The summed E-state index contributed by atoms with van der Waals surface area (Å²) in [7, 11) is 0. The van der Waals surface area contributed by atoms with Crippen LogP contribution in [0.4, 0.5) is 15.8 Å². The molecular formula is C13H12FN3O2. The average molecular weight is 261 g/mol. The third-order valence-corrected chi connectivity index (χ3v) is 2.66. The zero-order chi connectivity index (χ0) is 13.8. The molecule has 2 aromatic rings. The van der Waals surface area contributed by atoms with E-state index in [9.17, 15) is 14.5 Å². The summed E-state index contributed by atoms with van der Waals surface area (Å²) < 4.78 is 13.2. The molecule has 0 amide bonds. The van der Waals surface area contributed by atoms with Gasteiger partial charge in [0.15, 0.2) is 0 Å². The summed E-state index contributed by atoms with van der Waals surface area (Å²) in [5.74, 6) is -0.846. The molecule has 19 heavy (non-hydrogen) atoms. The molecule has 5 nitrogen and oxygen atoms in total. The first-order valence-electron chi connectivity index (χ1n) is 5.69. The fraction of sp³-hybridized carbons (Fsp3) is 0.154. The van der Waals surface area contributed by atoms with Crippen LogP contribution in [-0.4, -0.2) is 9.91 Å². The number of nitrogens with zero attached hydrogens (tertiary/aromatic N) is 2. The van der Waals surface area contributed by atoms with E-state index in [-0.39, 0.29) is 6.04 Å². The molecule has 1 aromatic carbocycles. The molecule has 1 N–H and O–H groups in total. The number of aromatic nitrogens is 1. The Hall–Kier alpha value is -2.50. The van der Waals surface area contributed by atoms with Crippen molar-refractivity contribution >= 4 is 11.4 Å². The number of pyridine rings is 1. The predicted molar refractivity (Wildman–Crippen MR) is 69.3 cm³/mol. The normalized spacial score (nSPS) is 11.9. The highest BCUT2D eigenvalue weighted by atomic mass is 19.1. The van der Waals surface area contributed by atoms with Crippen molar-refractivity contribution in [2.45, 2.75) is 13.0 Å². The van der Waals surface area contributed by atoms with E-state index < -0.39 is 16.4 Å². The number of hydrogen-bond acceptors (Lipinski definition) is 4. The number of nitro groups is 1. The summed E-state index contributed by atoms with van der Waals surface area (Å²) in [6.07, 6.45) is 1.67. The molecule has 0 saturated carbocycles. The fourth-order valence-corrected chi connectivity index (χ4v) is 1.70. The zero-order valence-electron chi connectivity index (χ0n) is 10.2. The van der Waals surface area contributed by atoms with Gasteiger partial charge in [-0.2, -0.15) is 4.39 Å². The summed E-state index contributed by atoms with van der Waals surface area (Å²) in [4.78, 5) is 14.1. The van der Waals surface area contributed by atoms with Gasteiger partial charge in [-0.15, -0.1) is 0 Å². The fourth-order valence-electron chi connectivity index (χ4n) is 1.70. The highest BCUT2D eigenvalue weighted by Crippen LogP contribution is 2.24. The van der Waals surface area contributed by atoms with Crippen LogP contribution in [-0.2, 0) is 0 Å². The molecule has 98 valence electrons. The summed E-state index contributed by atoms with van der Waals surface area (Å²) >= 11 is 0. The maximum Gasteiger partial charge on any atom is 0.306 e. The number of nitro benzene ring substituents is 1. The Morgan fingerprint density at radius 1 is 1.37 bits per heavy atom. The van der Waals surface area contributed by atoms with Crippen molar-refractivity contribution < 1.29 is 9.31 Å². The topological polar surface area (TPSA) is 68.1 Å². The molecule has 1 heterocycles. The summed E-state index contributed by atoms with van der Waals surface area (Å²) in [5.41, 5.74) is 0.735. The lowest BCUT2D eigenvalue weighted by atomic mass is 10.2. The second-order valence-corrected chi connectivity index (χ2v) is 4.04. The Labute approximate surface area is 109 Å². The van der Waals surface area contributed by atoms with Crippen molar-refractivity contribution in [3.8, 4) is 0 Å². The Kier molecular flexibility index (Phi) is 3.70. The van der Waals surface area contributed by atoms with Crippen molar-refractivity contribution in [1.82, 2.24) is 4.98 Å². The first kappa shape index (κ1) is 12.9. The quantitative estimate of drug-likeness (QED) is 0.677. The van der Waals surface area contributed by atoms with Crippen LogP contribution >= 0.6 is 0 Å². The minimum atomic E-state index is -0.846. The third-order valence-electron chi connectivity index (χ3n) is 2.66. The van der Waals surface area contributed by atoms with Gasteiger partial charge < -0.3 is 5.32 Å². The summed E-state index contributed by atoms with van der Waals surface area (Å²) in [6, 6.07) is 9.08. The highest BCUT2D eigenvalue weighted by molar-refractivity contribution is 5.52. The van der Waals surface area contributed by atoms with Gasteiger partial charge in [-0.3, -0.25) is 15.1 Å². The Balaban J connectivity index is 2.20. The zero-order valence-corrected chi connectivity index (χ0v) is 10.2. The van der Waals surface area contributed by atoms with Crippen molar-refractivity contribution in [3.63, 3.8) is 0 Å². The van der Waals surface area contributed by atoms with Crippen molar-refractivity contribution in [2.75, 3.05) is 5.32 Å². The molecule has 0 fully saturated rings. The molecule has 0 aliphatic carbocycles. The summed E-state index contributed by atoms with van der Waals surface area (Å²) in [6.45, 7) is 1.87. The van der Waals surface area contributed by atoms with Gasteiger partial charge in [0.2, 0.25) is 5.82 Å². The highest BCUT2D eigenvalue weighted by Gasteiger charge is 2.15. The molecule has 0 aliphatic heterocycles. The van der Waals surface area contributed by atoms with Crippen LogP contribution in [0.1, 0.15) is 18.7 Å². The van der Waals surface area contributed by atoms with Gasteiger partial charge in [-0.25, -0.2) is 0 Å². The van der Waals surface area contributed by atoms with E-state index in [1.165, 1.54) is 12.1 Å². The largest absolute Gasteiger partial charge is 0.377 e. The lowest BCUT2D eigenvalue weighted by molar-refractivity contribution is -0.387. The Morgan fingerprint density at radius 2 is 2.16 bits per heavy atom. The Bertz CT molecular complexity index is 590. The van der Waals surface area contributed by atoms with E-state index in [2.05, 4.69) is 10.3 Å². The first-order valence-corrected chi connectivity index (χ1v) is 5.69. The molecule has 2 rings (SSSR count). The number of halogens is 1. The van der Waals surface area contributed by atoms with Crippen LogP contribution in [0.5, 0.6) is 0 Å². The van der Waals surface area contributed by atoms with Crippen LogP contribution in [0.3, 0.4) is 0 Å². The van der Waals surface area contributed by atoms with Crippen LogP contribution in [0, 0.1) is 15.9 Å². The molecule has 0 spiro atoms. The van der Waals surface area contributed by atoms with Crippen LogP contribution < -0.4 is 5.32 Å². The van der Waals surface area contributed by atoms with Crippen molar-refractivity contribution in [1.29, 1.82) is 0 Å². The van der Waals surface area contributed by atoms with E-state index in [0.717, 1.165) is 11.8 Å².